The number of hydrogen-bond donors (Lipinski definition) is 1. The molecule has 8 heteroatoms. The molecule has 5 nitrogen and oxygen atoms in total. The minimum atomic E-state index is -0.306. The van der Waals surface area contributed by atoms with E-state index in [0.29, 0.717) is 23.7 Å². The largest absolute Gasteiger partial charge is 0.346 e. The van der Waals surface area contributed by atoms with Crippen molar-refractivity contribution >= 4 is 49.1 Å². The van der Waals surface area contributed by atoms with Gasteiger partial charge in [0.2, 0.25) is 5.91 Å². The lowest BCUT2D eigenvalue weighted by Crippen LogP contribution is -2.52. The molecule has 4 rings (SSSR count). The van der Waals surface area contributed by atoms with Gasteiger partial charge < -0.3 is 10.2 Å². The number of fused-ring (bicyclic) bond motifs is 1. The lowest BCUT2D eigenvalue weighted by atomic mass is 10.0. The zero-order chi connectivity index (χ0) is 16.8. The topological polar surface area (TPSA) is 58.1 Å². The van der Waals surface area contributed by atoms with Crippen molar-refractivity contribution < 1.29 is 9.18 Å². The first-order valence-electron chi connectivity index (χ1n) is 7.56. The molecule has 1 amide bonds. The molecule has 0 radical (unpaired) electrons. The maximum Gasteiger partial charge on any atom is 0.232 e. The SMILES string of the molecule is Cc1nc(NC(=O)C2CN(c3nc4c(F)cccc4s3)C2)sc1C. The molecule has 1 fully saturated rings. The molecule has 3 heterocycles. The number of thiazole rings is 2. The molecule has 0 spiro atoms. The van der Waals surface area contributed by atoms with Crippen LogP contribution in [0.5, 0.6) is 0 Å². The fourth-order valence-electron chi connectivity index (χ4n) is 2.57. The number of anilines is 2. The molecule has 1 aliphatic rings. The summed E-state index contributed by atoms with van der Waals surface area (Å²) >= 11 is 2.94. The standard InChI is InChI=1S/C16H15FN4OS2/c1-8-9(2)23-15(18-8)20-14(22)10-6-21(7-10)16-19-13-11(17)4-3-5-12(13)24-16/h3-5,10H,6-7H2,1-2H3,(H,18,20,22). The van der Waals surface area contributed by atoms with Crippen molar-refractivity contribution in [2.45, 2.75) is 13.8 Å². The fourth-order valence-corrected chi connectivity index (χ4v) is 4.39. The molecular weight excluding hydrogens is 347 g/mol. The maximum atomic E-state index is 13.7. The summed E-state index contributed by atoms with van der Waals surface area (Å²) in [5, 5.41) is 4.29. The molecule has 1 N–H and O–H groups in total. The van der Waals surface area contributed by atoms with Crippen LogP contribution in [0.25, 0.3) is 10.2 Å². The van der Waals surface area contributed by atoms with Crippen LogP contribution < -0.4 is 10.2 Å². The molecule has 2 aromatic heterocycles. The van der Waals surface area contributed by atoms with Gasteiger partial charge in [-0.3, -0.25) is 4.79 Å². The number of para-hydroxylation sites is 1. The first-order chi connectivity index (χ1) is 11.5. The predicted molar refractivity (Wildman–Crippen MR) is 95.5 cm³/mol. The van der Waals surface area contributed by atoms with Crippen molar-refractivity contribution in [1.29, 1.82) is 0 Å². The Hall–Kier alpha value is -2.06. The predicted octanol–water partition coefficient (Wildman–Crippen LogP) is 3.58. The van der Waals surface area contributed by atoms with Crippen molar-refractivity contribution in [2.24, 2.45) is 5.92 Å². The van der Waals surface area contributed by atoms with Crippen LogP contribution in [0, 0.1) is 25.6 Å². The minimum Gasteiger partial charge on any atom is -0.346 e. The number of carbonyl (C=O) groups is 1. The van der Waals surface area contributed by atoms with Gasteiger partial charge in [0.05, 0.1) is 16.3 Å². The summed E-state index contributed by atoms with van der Waals surface area (Å²) in [5.41, 5.74) is 1.35. The van der Waals surface area contributed by atoms with E-state index in [1.807, 2.05) is 24.8 Å². The average Bonchev–Trinajstić information content (AvgIpc) is 3.02. The Balaban J connectivity index is 1.41. The highest BCUT2D eigenvalue weighted by Gasteiger charge is 2.35. The normalized spacial score (nSPS) is 14.9. The van der Waals surface area contributed by atoms with Gasteiger partial charge in [-0.15, -0.1) is 11.3 Å². The van der Waals surface area contributed by atoms with Gasteiger partial charge in [-0.2, -0.15) is 0 Å². The zero-order valence-electron chi connectivity index (χ0n) is 13.2. The van der Waals surface area contributed by atoms with E-state index in [2.05, 4.69) is 15.3 Å². The number of nitrogens with zero attached hydrogens (tertiary/aromatic N) is 3. The van der Waals surface area contributed by atoms with Crippen LogP contribution >= 0.6 is 22.7 Å². The number of aryl methyl sites for hydroxylation is 2. The number of nitrogens with one attached hydrogen (secondary N) is 1. The van der Waals surface area contributed by atoms with Gasteiger partial charge in [0.15, 0.2) is 10.3 Å². The smallest absolute Gasteiger partial charge is 0.232 e. The van der Waals surface area contributed by atoms with Crippen molar-refractivity contribution in [3.63, 3.8) is 0 Å². The second kappa shape index (κ2) is 5.78. The quantitative estimate of drug-likeness (QED) is 0.774. The number of amides is 1. The van der Waals surface area contributed by atoms with E-state index >= 15 is 0 Å². The van der Waals surface area contributed by atoms with Gasteiger partial charge in [0, 0.05) is 18.0 Å². The summed E-state index contributed by atoms with van der Waals surface area (Å²) in [4.78, 5) is 24.1. The van der Waals surface area contributed by atoms with Crippen LogP contribution in [-0.4, -0.2) is 29.0 Å². The van der Waals surface area contributed by atoms with Gasteiger partial charge in [-0.25, -0.2) is 14.4 Å². The highest BCUT2D eigenvalue weighted by atomic mass is 32.1. The highest BCUT2D eigenvalue weighted by molar-refractivity contribution is 7.22. The van der Waals surface area contributed by atoms with E-state index in [1.54, 1.807) is 6.07 Å². The first-order valence-corrected chi connectivity index (χ1v) is 9.19. The monoisotopic (exact) mass is 362 g/mol. The first kappa shape index (κ1) is 15.5. The summed E-state index contributed by atoms with van der Waals surface area (Å²) in [5.74, 6) is -0.419. The van der Waals surface area contributed by atoms with Gasteiger partial charge in [-0.05, 0) is 26.0 Å². The molecular formula is C16H15FN4OS2. The fraction of sp³-hybridized carbons (Fsp3) is 0.312. The van der Waals surface area contributed by atoms with Gasteiger partial charge >= 0.3 is 0 Å². The molecule has 0 unspecified atom stereocenters. The summed E-state index contributed by atoms with van der Waals surface area (Å²) in [6.45, 7) is 5.10. The number of rotatable bonds is 3. The van der Waals surface area contributed by atoms with E-state index in [1.165, 1.54) is 28.7 Å². The zero-order valence-corrected chi connectivity index (χ0v) is 14.8. The van der Waals surface area contributed by atoms with Crippen LogP contribution in [-0.2, 0) is 4.79 Å². The third-order valence-corrected chi connectivity index (χ3v) is 6.21. The molecule has 124 valence electrons. The Morgan fingerprint density at radius 1 is 1.29 bits per heavy atom. The van der Waals surface area contributed by atoms with E-state index in [0.717, 1.165) is 20.4 Å². The number of benzene rings is 1. The van der Waals surface area contributed by atoms with Gasteiger partial charge in [0.25, 0.3) is 0 Å². The number of halogens is 1. The number of carbonyl (C=O) groups excluding carboxylic acids is 1. The summed E-state index contributed by atoms with van der Waals surface area (Å²) in [7, 11) is 0. The highest BCUT2D eigenvalue weighted by Crippen LogP contribution is 2.34. The van der Waals surface area contributed by atoms with Crippen LogP contribution in [0.1, 0.15) is 10.6 Å². The Labute approximate surface area is 146 Å². The molecule has 0 saturated carbocycles. The number of aromatic nitrogens is 2. The molecule has 1 aromatic carbocycles. The third kappa shape index (κ3) is 2.65. The van der Waals surface area contributed by atoms with Crippen molar-refractivity contribution in [3.05, 3.63) is 34.6 Å². The van der Waals surface area contributed by atoms with E-state index in [9.17, 15) is 9.18 Å². The minimum absolute atomic E-state index is 0.0210. The lowest BCUT2D eigenvalue weighted by Gasteiger charge is -2.37. The van der Waals surface area contributed by atoms with Crippen molar-refractivity contribution in [1.82, 2.24) is 9.97 Å². The maximum absolute atomic E-state index is 13.7. The Morgan fingerprint density at radius 2 is 2.08 bits per heavy atom. The van der Waals surface area contributed by atoms with E-state index in [4.69, 9.17) is 0 Å². The average molecular weight is 362 g/mol. The van der Waals surface area contributed by atoms with Gasteiger partial charge in [0.1, 0.15) is 11.3 Å². The van der Waals surface area contributed by atoms with Crippen molar-refractivity contribution in [2.75, 3.05) is 23.3 Å². The second-order valence-corrected chi connectivity index (χ2v) is 8.05. The third-order valence-electron chi connectivity index (χ3n) is 4.14. The molecule has 24 heavy (non-hydrogen) atoms. The number of hydrogen-bond acceptors (Lipinski definition) is 6. The lowest BCUT2D eigenvalue weighted by molar-refractivity contribution is -0.120. The van der Waals surface area contributed by atoms with Gasteiger partial charge in [-0.1, -0.05) is 17.4 Å². The summed E-state index contributed by atoms with van der Waals surface area (Å²) in [6.07, 6.45) is 0. The summed E-state index contributed by atoms with van der Waals surface area (Å²) in [6, 6.07) is 4.96. The Morgan fingerprint density at radius 3 is 2.75 bits per heavy atom. The Bertz CT molecular complexity index is 910. The second-order valence-electron chi connectivity index (χ2n) is 5.83. The molecule has 3 aromatic rings. The van der Waals surface area contributed by atoms with Crippen LogP contribution in [0.3, 0.4) is 0 Å². The molecule has 1 saturated heterocycles. The Kier molecular flexibility index (Phi) is 3.73. The van der Waals surface area contributed by atoms with Crippen LogP contribution in [0.2, 0.25) is 0 Å². The van der Waals surface area contributed by atoms with E-state index < -0.39 is 0 Å². The molecule has 0 bridgehead atoms. The molecule has 0 aliphatic carbocycles. The molecule has 1 aliphatic heterocycles. The summed E-state index contributed by atoms with van der Waals surface area (Å²) < 4.78 is 14.5. The van der Waals surface area contributed by atoms with Crippen LogP contribution in [0.4, 0.5) is 14.7 Å². The van der Waals surface area contributed by atoms with Crippen molar-refractivity contribution in [3.8, 4) is 0 Å². The van der Waals surface area contributed by atoms with E-state index in [-0.39, 0.29) is 17.6 Å². The van der Waals surface area contributed by atoms with Crippen LogP contribution in [0.15, 0.2) is 18.2 Å². The molecule has 0 atom stereocenters.